The largest absolute Gasteiger partial charge is 0.465 e. The summed E-state index contributed by atoms with van der Waals surface area (Å²) >= 11 is 0. The normalized spacial score (nSPS) is 10.6. The molecule has 1 aromatic carbocycles. The Labute approximate surface area is 148 Å². The molecular weight excluding hydrogens is 318 g/mol. The third-order valence-electron chi connectivity index (χ3n) is 4.36. The molecule has 134 valence electrons. The van der Waals surface area contributed by atoms with Crippen molar-refractivity contribution in [2.75, 3.05) is 14.2 Å². The van der Waals surface area contributed by atoms with Crippen molar-refractivity contribution in [1.82, 2.24) is 4.57 Å². The second-order valence-corrected chi connectivity index (χ2v) is 5.93. The third kappa shape index (κ3) is 3.92. The maximum Gasteiger partial charge on any atom is 0.340 e. The van der Waals surface area contributed by atoms with Gasteiger partial charge in [0.25, 0.3) is 0 Å². The smallest absolute Gasteiger partial charge is 0.340 e. The minimum Gasteiger partial charge on any atom is -0.465 e. The molecule has 0 bridgehead atoms. The lowest BCUT2D eigenvalue weighted by atomic mass is 10.0. The second-order valence-electron chi connectivity index (χ2n) is 5.93. The van der Waals surface area contributed by atoms with E-state index in [-0.39, 0.29) is 0 Å². The highest BCUT2D eigenvalue weighted by Gasteiger charge is 2.30. The van der Waals surface area contributed by atoms with Crippen molar-refractivity contribution in [3.63, 3.8) is 0 Å². The van der Waals surface area contributed by atoms with Crippen LogP contribution in [0.25, 0.3) is 0 Å². The Hall–Kier alpha value is -2.56. The molecule has 0 fully saturated rings. The number of methoxy groups -OCH3 is 2. The lowest BCUT2D eigenvalue weighted by Gasteiger charge is -2.12. The van der Waals surface area contributed by atoms with Gasteiger partial charge in [-0.25, -0.2) is 9.59 Å². The summed E-state index contributed by atoms with van der Waals surface area (Å²) in [6.07, 6.45) is 2.52. The highest BCUT2D eigenvalue weighted by Crippen LogP contribution is 2.27. The average molecular weight is 343 g/mol. The van der Waals surface area contributed by atoms with Crippen LogP contribution >= 0.6 is 0 Å². The van der Waals surface area contributed by atoms with E-state index >= 15 is 0 Å². The molecule has 0 aliphatic rings. The molecule has 1 heterocycles. The molecule has 2 rings (SSSR count). The van der Waals surface area contributed by atoms with Crippen molar-refractivity contribution in [2.45, 2.75) is 39.7 Å². The quantitative estimate of drug-likeness (QED) is 0.718. The van der Waals surface area contributed by atoms with E-state index in [4.69, 9.17) is 9.47 Å². The van der Waals surface area contributed by atoms with Crippen molar-refractivity contribution in [1.29, 1.82) is 0 Å². The van der Waals surface area contributed by atoms with Crippen molar-refractivity contribution < 1.29 is 19.1 Å². The average Bonchev–Trinajstić information content (AvgIpc) is 2.91. The summed E-state index contributed by atoms with van der Waals surface area (Å²) in [6.45, 7) is 4.70. The van der Waals surface area contributed by atoms with Crippen LogP contribution in [0.5, 0.6) is 0 Å². The molecule has 0 radical (unpaired) electrons. The van der Waals surface area contributed by atoms with Gasteiger partial charge in [-0.15, -0.1) is 0 Å². The van der Waals surface area contributed by atoms with Crippen LogP contribution in [0.3, 0.4) is 0 Å². The van der Waals surface area contributed by atoms with Crippen LogP contribution in [-0.4, -0.2) is 30.7 Å². The van der Waals surface area contributed by atoms with Crippen molar-refractivity contribution >= 4 is 11.9 Å². The minimum absolute atomic E-state index is 0.302. The van der Waals surface area contributed by atoms with E-state index in [9.17, 15) is 9.59 Å². The summed E-state index contributed by atoms with van der Waals surface area (Å²) in [5.74, 6) is -1.02. The molecule has 0 spiro atoms. The number of benzene rings is 1. The second kappa shape index (κ2) is 8.51. The Kier molecular flexibility index (Phi) is 6.39. The maximum absolute atomic E-state index is 12.5. The molecule has 0 amide bonds. The van der Waals surface area contributed by atoms with E-state index < -0.39 is 11.9 Å². The molecule has 1 aromatic heterocycles. The van der Waals surface area contributed by atoms with E-state index in [0.717, 1.165) is 36.3 Å². The fourth-order valence-corrected chi connectivity index (χ4v) is 3.06. The Balaban J connectivity index is 2.66. The number of rotatable bonds is 7. The Morgan fingerprint density at radius 1 is 1.00 bits per heavy atom. The van der Waals surface area contributed by atoms with Gasteiger partial charge >= 0.3 is 11.9 Å². The molecule has 0 N–H and O–H groups in total. The van der Waals surface area contributed by atoms with Crippen molar-refractivity contribution in [3.05, 3.63) is 58.4 Å². The SMILES string of the molecule is CCCCn1c(C)c(C(=O)OC)c(C(=O)OC)c1Cc1ccccc1. The van der Waals surface area contributed by atoms with Crippen molar-refractivity contribution in [2.24, 2.45) is 0 Å². The number of aromatic nitrogens is 1. The lowest BCUT2D eigenvalue weighted by Crippen LogP contribution is -2.12. The first-order valence-electron chi connectivity index (χ1n) is 8.47. The molecule has 25 heavy (non-hydrogen) atoms. The van der Waals surface area contributed by atoms with Gasteiger partial charge in [-0.05, 0) is 18.9 Å². The fraction of sp³-hybridized carbons (Fsp3) is 0.400. The molecule has 0 aliphatic carbocycles. The van der Waals surface area contributed by atoms with Gasteiger partial charge in [0.15, 0.2) is 0 Å². The van der Waals surface area contributed by atoms with Crippen LogP contribution < -0.4 is 0 Å². The molecular formula is C20H25NO4. The van der Waals surface area contributed by atoms with Gasteiger partial charge < -0.3 is 14.0 Å². The summed E-state index contributed by atoms with van der Waals surface area (Å²) in [4.78, 5) is 24.8. The topological polar surface area (TPSA) is 57.5 Å². The minimum atomic E-state index is -0.512. The van der Waals surface area contributed by atoms with E-state index in [0.29, 0.717) is 17.5 Å². The number of hydrogen-bond acceptors (Lipinski definition) is 4. The first-order valence-corrected chi connectivity index (χ1v) is 8.47. The van der Waals surface area contributed by atoms with Crippen LogP contribution in [0, 0.1) is 6.92 Å². The van der Waals surface area contributed by atoms with E-state index in [1.54, 1.807) is 0 Å². The number of esters is 2. The van der Waals surface area contributed by atoms with Gasteiger partial charge in [-0.3, -0.25) is 0 Å². The Morgan fingerprint density at radius 2 is 1.60 bits per heavy atom. The number of ether oxygens (including phenoxy) is 2. The third-order valence-corrected chi connectivity index (χ3v) is 4.36. The lowest BCUT2D eigenvalue weighted by molar-refractivity contribution is 0.0555. The number of carbonyl (C=O) groups excluding carboxylic acids is 2. The standard InChI is InChI=1S/C20H25NO4/c1-5-6-12-21-14(2)17(19(22)24-3)18(20(23)25-4)16(21)13-15-10-8-7-9-11-15/h7-11H,5-6,12-13H2,1-4H3. The summed E-state index contributed by atoms with van der Waals surface area (Å²) in [5.41, 5.74) is 3.22. The van der Waals surface area contributed by atoms with Gasteiger partial charge in [0.1, 0.15) is 0 Å². The summed E-state index contributed by atoms with van der Waals surface area (Å²) in [6, 6.07) is 9.88. The first kappa shape index (κ1) is 18.8. The highest BCUT2D eigenvalue weighted by atomic mass is 16.5. The van der Waals surface area contributed by atoms with Crippen LogP contribution in [-0.2, 0) is 22.4 Å². The van der Waals surface area contributed by atoms with Crippen LogP contribution in [0.4, 0.5) is 0 Å². The molecule has 5 nitrogen and oxygen atoms in total. The van der Waals surface area contributed by atoms with E-state index in [1.165, 1.54) is 14.2 Å². The molecule has 2 aromatic rings. The van der Waals surface area contributed by atoms with E-state index in [2.05, 4.69) is 11.5 Å². The summed E-state index contributed by atoms with van der Waals surface area (Å²) in [7, 11) is 2.65. The predicted molar refractivity (Wildman–Crippen MR) is 96.0 cm³/mol. The van der Waals surface area contributed by atoms with Crippen LogP contribution in [0.2, 0.25) is 0 Å². The number of nitrogens with zero attached hydrogens (tertiary/aromatic N) is 1. The maximum atomic E-state index is 12.5. The molecule has 0 aliphatic heterocycles. The van der Waals surface area contributed by atoms with Gasteiger partial charge in [0.05, 0.1) is 25.3 Å². The summed E-state index contributed by atoms with van der Waals surface area (Å²) in [5, 5.41) is 0. The van der Waals surface area contributed by atoms with E-state index in [1.807, 2.05) is 37.3 Å². The molecule has 0 unspecified atom stereocenters. The summed E-state index contributed by atoms with van der Waals surface area (Å²) < 4.78 is 11.9. The molecule has 0 atom stereocenters. The molecule has 0 saturated heterocycles. The zero-order valence-corrected chi connectivity index (χ0v) is 15.3. The van der Waals surface area contributed by atoms with Gasteiger partial charge in [-0.2, -0.15) is 0 Å². The van der Waals surface area contributed by atoms with Gasteiger partial charge in [0, 0.05) is 24.4 Å². The zero-order chi connectivity index (χ0) is 18.4. The predicted octanol–water partition coefficient (Wildman–Crippen LogP) is 3.76. The van der Waals surface area contributed by atoms with Crippen molar-refractivity contribution in [3.8, 4) is 0 Å². The highest BCUT2D eigenvalue weighted by molar-refractivity contribution is 6.05. The Morgan fingerprint density at radius 3 is 2.16 bits per heavy atom. The Bertz CT molecular complexity index is 747. The number of carbonyl (C=O) groups is 2. The zero-order valence-electron chi connectivity index (χ0n) is 15.3. The number of unbranched alkanes of at least 4 members (excludes halogenated alkanes) is 1. The van der Waals surface area contributed by atoms with Gasteiger partial charge in [0.2, 0.25) is 0 Å². The number of hydrogen-bond donors (Lipinski definition) is 0. The van der Waals surface area contributed by atoms with Gasteiger partial charge in [-0.1, -0.05) is 43.7 Å². The fourth-order valence-electron chi connectivity index (χ4n) is 3.06. The monoisotopic (exact) mass is 343 g/mol. The first-order chi connectivity index (χ1) is 12.0. The molecule has 0 saturated carbocycles. The van der Waals surface area contributed by atoms with Crippen LogP contribution in [0.15, 0.2) is 30.3 Å². The molecule has 5 heteroatoms. The van der Waals surface area contributed by atoms with Crippen LogP contribution in [0.1, 0.15) is 57.4 Å².